The third-order valence-corrected chi connectivity index (χ3v) is 5.36. The Bertz CT molecular complexity index is 1160. The topological polar surface area (TPSA) is 85.2 Å². The molecule has 33 heavy (non-hydrogen) atoms. The molecule has 0 aliphatic carbocycles. The minimum absolute atomic E-state index is 0.0384. The van der Waals surface area contributed by atoms with Crippen LogP contribution in [0.3, 0.4) is 0 Å². The van der Waals surface area contributed by atoms with Crippen molar-refractivity contribution in [3.8, 4) is 0 Å². The highest BCUT2D eigenvalue weighted by atomic mass is 19.4. The van der Waals surface area contributed by atoms with Crippen molar-refractivity contribution >= 4 is 23.4 Å². The summed E-state index contributed by atoms with van der Waals surface area (Å²) in [6.45, 7) is 1.81. The number of carbonyl (C=O) groups is 2. The van der Waals surface area contributed by atoms with E-state index in [4.69, 9.17) is 4.74 Å². The normalized spacial score (nSPS) is 17.6. The van der Waals surface area contributed by atoms with Crippen molar-refractivity contribution in [3.05, 3.63) is 77.5 Å². The molecule has 0 spiro atoms. The summed E-state index contributed by atoms with van der Waals surface area (Å²) in [4.78, 5) is 25.2. The number of carbonyl (C=O) groups excluding carboxylic acids is 2. The van der Waals surface area contributed by atoms with Crippen molar-refractivity contribution in [3.63, 3.8) is 0 Å². The number of para-hydroxylation sites is 1. The average molecular weight is 458 g/mol. The molecular formula is C23H21F3N4O3. The van der Waals surface area contributed by atoms with Gasteiger partial charge in [0.25, 0.3) is 5.91 Å². The summed E-state index contributed by atoms with van der Waals surface area (Å²) in [6, 6.07) is 12.4. The lowest BCUT2D eigenvalue weighted by Gasteiger charge is -2.34. The van der Waals surface area contributed by atoms with E-state index in [1.807, 2.05) is 0 Å². The molecule has 0 bridgehead atoms. The van der Waals surface area contributed by atoms with Gasteiger partial charge in [0.2, 0.25) is 0 Å². The molecule has 1 amide bonds. The average Bonchev–Trinajstić information content (AvgIpc) is 3.23. The van der Waals surface area contributed by atoms with Crippen LogP contribution in [0.4, 0.5) is 24.7 Å². The molecule has 2 atom stereocenters. The summed E-state index contributed by atoms with van der Waals surface area (Å²) < 4.78 is 47.3. The lowest BCUT2D eigenvalue weighted by atomic mass is 9.96. The molecular weight excluding hydrogens is 437 g/mol. The molecule has 2 heterocycles. The Morgan fingerprint density at radius 2 is 1.82 bits per heavy atom. The smallest absolute Gasteiger partial charge is 0.410 e. The number of amides is 1. The van der Waals surface area contributed by atoms with Crippen LogP contribution >= 0.6 is 0 Å². The van der Waals surface area contributed by atoms with Gasteiger partial charge in [-0.2, -0.15) is 18.3 Å². The monoisotopic (exact) mass is 458 g/mol. The largest absolute Gasteiger partial charge is 0.462 e. The zero-order valence-electron chi connectivity index (χ0n) is 17.6. The van der Waals surface area contributed by atoms with Gasteiger partial charge in [-0.25, -0.2) is 9.48 Å². The van der Waals surface area contributed by atoms with Crippen LogP contribution in [0, 0.1) is 0 Å². The van der Waals surface area contributed by atoms with E-state index in [9.17, 15) is 22.8 Å². The second-order valence-electron chi connectivity index (χ2n) is 7.47. The number of ether oxygens (including phenoxy) is 1. The fraction of sp³-hybridized carbons (Fsp3) is 0.261. The first-order valence-corrected chi connectivity index (χ1v) is 10.3. The molecule has 2 N–H and O–H groups in total. The van der Waals surface area contributed by atoms with Crippen LogP contribution < -0.4 is 10.6 Å². The fourth-order valence-corrected chi connectivity index (χ4v) is 3.80. The van der Waals surface area contributed by atoms with E-state index in [0.29, 0.717) is 5.56 Å². The summed E-state index contributed by atoms with van der Waals surface area (Å²) in [5.41, 5.74) is 0.919. The molecule has 172 valence electrons. The van der Waals surface area contributed by atoms with Gasteiger partial charge in [0.15, 0.2) is 6.04 Å². The Morgan fingerprint density at radius 1 is 1.12 bits per heavy atom. The van der Waals surface area contributed by atoms with Gasteiger partial charge in [-0.05, 0) is 24.6 Å². The van der Waals surface area contributed by atoms with Crippen molar-refractivity contribution in [2.75, 3.05) is 17.2 Å². The van der Waals surface area contributed by atoms with Crippen LogP contribution in [0.15, 0.2) is 60.8 Å². The highest BCUT2D eigenvalue weighted by molar-refractivity contribution is 6.10. The van der Waals surface area contributed by atoms with E-state index in [2.05, 4.69) is 15.7 Å². The lowest BCUT2D eigenvalue weighted by molar-refractivity contribution is -0.173. The first-order valence-electron chi connectivity index (χ1n) is 10.3. The Balaban J connectivity index is 1.67. The van der Waals surface area contributed by atoms with Crippen LogP contribution in [0.5, 0.6) is 0 Å². The van der Waals surface area contributed by atoms with Gasteiger partial charge >= 0.3 is 12.1 Å². The van der Waals surface area contributed by atoms with E-state index >= 15 is 0 Å². The maximum absolute atomic E-state index is 13.8. The van der Waals surface area contributed by atoms with Crippen molar-refractivity contribution in [1.82, 2.24) is 9.78 Å². The molecule has 7 nitrogen and oxygen atoms in total. The molecule has 1 aromatic heterocycles. The Hall–Kier alpha value is -3.82. The van der Waals surface area contributed by atoms with E-state index in [1.54, 1.807) is 49.4 Å². The van der Waals surface area contributed by atoms with Gasteiger partial charge in [-0.15, -0.1) is 0 Å². The first kappa shape index (κ1) is 22.4. The molecule has 2 aromatic carbocycles. The summed E-state index contributed by atoms with van der Waals surface area (Å²) >= 11 is 0. The summed E-state index contributed by atoms with van der Waals surface area (Å²) in [5.74, 6) is -1.36. The number of halogens is 3. The minimum atomic E-state index is -4.56. The number of anilines is 2. The van der Waals surface area contributed by atoms with Crippen LogP contribution in [0.25, 0.3) is 0 Å². The number of fused-ring (bicyclic) bond motifs is 1. The molecule has 0 saturated heterocycles. The van der Waals surface area contributed by atoms with Gasteiger partial charge in [-0.1, -0.05) is 42.5 Å². The van der Waals surface area contributed by atoms with Crippen molar-refractivity contribution in [1.29, 1.82) is 0 Å². The van der Waals surface area contributed by atoms with Gasteiger partial charge in [0, 0.05) is 6.42 Å². The van der Waals surface area contributed by atoms with Gasteiger partial charge in [-0.3, -0.25) is 4.79 Å². The van der Waals surface area contributed by atoms with Gasteiger partial charge < -0.3 is 15.4 Å². The van der Waals surface area contributed by atoms with E-state index < -0.39 is 30.1 Å². The van der Waals surface area contributed by atoms with Gasteiger partial charge in [0.1, 0.15) is 11.4 Å². The van der Waals surface area contributed by atoms with Crippen LogP contribution in [0.1, 0.15) is 51.7 Å². The summed E-state index contributed by atoms with van der Waals surface area (Å²) in [5, 5.41) is 9.50. The van der Waals surface area contributed by atoms with E-state index in [0.717, 1.165) is 10.9 Å². The maximum Gasteiger partial charge on any atom is 0.410 e. The molecule has 1 aliphatic heterocycles. The highest BCUT2D eigenvalue weighted by Crippen LogP contribution is 2.44. The second-order valence-corrected chi connectivity index (χ2v) is 7.47. The number of nitrogens with zero attached hydrogens (tertiary/aromatic N) is 2. The Morgan fingerprint density at radius 3 is 2.52 bits per heavy atom. The molecule has 0 radical (unpaired) electrons. The number of nitrogens with one attached hydrogen (secondary N) is 2. The number of hydrogen-bond donors (Lipinski definition) is 2. The third-order valence-electron chi connectivity index (χ3n) is 5.36. The zero-order valence-corrected chi connectivity index (χ0v) is 17.6. The van der Waals surface area contributed by atoms with Crippen LogP contribution in [-0.4, -0.2) is 34.4 Å². The SMILES string of the molecule is CCOC(=O)c1ccccc1NC(=O)c1cnn2c1N[C@@H](c1ccccc1)C[C@@H]2C(F)(F)F. The fourth-order valence-electron chi connectivity index (χ4n) is 3.80. The van der Waals surface area contributed by atoms with Gasteiger partial charge in [0.05, 0.1) is 30.1 Å². The van der Waals surface area contributed by atoms with E-state index in [1.165, 1.54) is 12.1 Å². The molecule has 0 fully saturated rings. The Labute approximate surface area is 187 Å². The molecule has 10 heteroatoms. The van der Waals surface area contributed by atoms with Crippen molar-refractivity contribution < 1.29 is 27.5 Å². The first-order chi connectivity index (χ1) is 15.8. The molecule has 0 saturated carbocycles. The predicted octanol–water partition coefficient (Wildman–Crippen LogP) is 4.97. The Kier molecular flexibility index (Phi) is 6.08. The predicted molar refractivity (Wildman–Crippen MR) is 115 cm³/mol. The second kappa shape index (κ2) is 8.97. The number of esters is 1. The van der Waals surface area contributed by atoms with Crippen molar-refractivity contribution in [2.45, 2.75) is 31.6 Å². The number of aromatic nitrogens is 2. The summed E-state index contributed by atoms with van der Waals surface area (Å²) in [7, 11) is 0. The molecule has 3 aromatic rings. The van der Waals surface area contributed by atoms with E-state index in [-0.39, 0.29) is 35.7 Å². The number of rotatable bonds is 5. The quantitative estimate of drug-likeness (QED) is 0.527. The minimum Gasteiger partial charge on any atom is -0.462 e. The highest BCUT2D eigenvalue weighted by Gasteiger charge is 2.47. The lowest BCUT2D eigenvalue weighted by Crippen LogP contribution is -2.36. The maximum atomic E-state index is 13.8. The summed E-state index contributed by atoms with van der Waals surface area (Å²) in [6.07, 6.45) is -3.73. The van der Waals surface area contributed by atoms with Crippen LogP contribution in [-0.2, 0) is 4.74 Å². The zero-order chi connectivity index (χ0) is 23.6. The molecule has 4 rings (SSSR count). The van der Waals surface area contributed by atoms with Crippen molar-refractivity contribution in [2.24, 2.45) is 0 Å². The standard InChI is InChI=1S/C23H21F3N4O3/c1-2-33-22(32)15-10-6-7-11-17(15)29-21(31)16-13-27-30-19(23(24,25)26)12-18(28-20(16)30)14-8-4-3-5-9-14/h3-11,13,18-19,28H,2,12H2,1H3,(H,29,31)/t18-,19-/m1/s1. The number of benzene rings is 2. The molecule has 1 aliphatic rings. The number of alkyl halides is 3. The van der Waals surface area contributed by atoms with Crippen LogP contribution in [0.2, 0.25) is 0 Å². The molecule has 0 unspecified atom stereocenters. The number of hydrogen-bond acceptors (Lipinski definition) is 5. The third kappa shape index (κ3) is 4.55.